The summed E-state index contributed by atoms with van der Waals surface area (Å²) in [5.41, 5.74) is 0.914. The normalized spacial score (nSPS) is 10.3. The van der Waals surface area contributed by atoms with Gasteiger partial charge in [-0.1, -0.05) is 12.1 Å². The molecule has 1 aromatic carbocycles. The molecule has 1 aromatic heterocycles. The minimum absolute atomic E-state index is 0.0234. The highest BCUT2D eigenvalue weighted by Gasteiger charge is 2.07. The minimum Gasteiger partial charge on any atom is -0.497 e. The van der Waals surface area contributed by atoms with Crippen molar-refractivity contribution in [2.24, 2.45) is 7.05 Å². The van der Waals surface area contributed by atoms with Gasteiger partial charge in [-0.3, -0.25) is 0 Å². The standard InChI is InChI=1S/C11H12N2O2/c1-13-7-10(14)12-11(13)8-4-3-5-9(6-8)15-2/h3-7,14H,1-2H3. The molecule has 0 aliphatic carbocycles. The second-order valence-electron chi connectivity index (χ2n) is 3.27. The maximum Gasteiger partial charge on any atom is 0.229 e. The van der Waals surface area contributed by atoms with Crippen LogP contribution in [0.1, 0.15) is 0 Å². The molecule has 4 nitrogen and oxygen atoms in total. The molecule has 0 saturated heterocycles. The third-order valence-corrected chi connectivity index (χ3v) is 2.19. The van der Waals surface area contributed by atoms with Crippen LogP contribution in [0.15, 0.2) is 30.5 Å². The average Bonchev–Trinajstić information content (AvgIpc) is 2.58. The molecule has 0 radical (unpaired) electrons. The highest BCUT2D eigenvalue weighted by Crippen LogP contribution is 2.24. The minimum atomic E-state index is 0.0234. The van der Waals surface area contributed by atoms with Gasteiger partial charge >= 0.3 is 0 Å². The number of ether oxygens (including phenoxy) is 1. The Morgan fingerprint density at radius 1 is 1.40 bits per heavy atom. The van der Waals surface area contributed by atoms with Crippen LogP contribution in [0.5, 0.6) is 11.6 Å². The molecule has 0 bridgehead atoms. The van der Waals surface area contributed by atoms with Gasteiger partial charge in [0.05, 0.1) is 13.3 Å². The summed E-state index contributed by atoms with van der Waals surface area (Å²) in [6.07, 6.45) is 1.56. The number of rotatable bonds is 2. The summed E-state index contributed by atoms with van der Waals surface area (Å²) in [7, 11) is 3.45. The predicted octanol–water partition coefficient (Wildman–Crippen LogP) is 1.80. The number of hydrogen-bond acceptors (Lipinski definition) is 3. The van der Waals surface area contributed by atoms with Gasteiger partial charge in [0.1, 0.15) is 11.6 Å². The van der Waals surface area contributed by atoms with E-state index in [2.05, 4.69) is 4.98 Å². The molecule has 0 amide bonds. The fraction of sp³-hybridized carbons (Fsp3) is 0.182. The molecule has 0 aliphatic heterocycles. The van der Waals surface area contributed by atoms with Gasteiger partial charge in [-0.15, -0.1) is 0 Å². The molecule has 78 valence electrons. The average molecular weight is 204 g/mol. The van der Waals surface area contributed by atoms with Gasteiger partial charge in [0.25, 0.3) is 0 Å². The molecule has 0 spiro atoms. The van der Waals surface area contributed by atoms with Gasteiger partial charge < -0.3 is 14.4 Å². The summed E-state index contributed by atoms with van der Waals surface area (Å²) in [6, 6.07) is 7.55. The van der Waals surface area contributed by atoms with E-state index in [1.165, 1.54) is 0 Å². The van der Waals surface area contributed by atoms with E-state index in [9.17, 15) is 5.11 Å². The Morgan fingerprint density at radius 3 is 2.80 bits per heavy atom. The van der Waals surface area contributed by atoms with Gasteiger partial charge in [-0.2, -0.15) is 4.98 Å². The predicted molar refractivity (Wildman–Crippen MR) is 56.9 cm³/mol. The van der Waals surface area contributed by atoms with Crippen LogP contribution >= 0.6 is 0 Å². The van der Waals surface area contributed by atoms with E-state index in [1.54, 1.807) is 17.9 Å². The number of nitrogens with zero attached hydrogens (tertiary/aromatic N) is 2. The Morgan fingerprint density at radius 2 is 2.20 bits per heavy atom. The first-order valence-electron chi connectivity index (χ1n) is 4.57. The topological polar surface area (TPSA) is 47.3 Å². The summed E-state index contributed by atoms with van der Waals surface area (Å²) in [6.45, 7) is 0. The number of imidazole rings is 1. The molecule has 0 saturated carbocycles. The zero-order valence-electron chi connectivity index (χ0n) is 8.64. The van der Waals surface area contributed by atoms with Crippen LogP contribution in [0.25, 0.3) is 11.4 Å². The summed E-state index contributed by atoms with van der Waals surface area (Å²) in [5, 5.41) is 9.26. The van der Waals surface area contributed by atoms with E-state index in [0.29, 0.717) is 5.82 Å². The molecule has 2 rings (SSSR count). The molecule has 1 N–H and O–H groups in total. The smallest absolute Gasteiger partial charge is 0.229 e. The van der Waals surface area contributed by atoms with Gasteiger partial charge in [0.2, 0.25) is 5.88 Å². The molecular formula is C11H12N2O2. The van der Waals surface area contributed by atoms with Gasteiger partial charge in [0.15, 0.2) is 0 Å². The van der Waals surface area contributed by atoms with Crippen molar-refractivity contribution in [1.29, 1.82) is 0 Å². The first kappa shape index (κ1) is 9.58. The highest BCUT2D eigenvalue weighted by atomic mass is 16.5. The fourth-order valence-corrected chi connectivity index (χ4v) is 1.48. The number of hydrogen-bond donors (Lipinski definition) is 1. The van der Waals surface area contributed by atoms with Crippen molar-refractivity contribution in [3.8, 4) is 23.0 Å². The summed E-state index contributed by atoms with van der Waals surface area (Å²) < 4.78 is 6.89. The van der Waals surface area contributed by atoms with E-state index in [1.807, 2.05) is 31.3 Å². The second-order valence-corrected chi connectivity index (χ2v) is 3.27. The second kappa shape index (κ2) is 3.65. The maximum atomic E-state index is 9.26. The van der Waals surface area contributed by atoms with Crippen molar-refractivity contribution < 1.29 is 9.84 Å². The van der Waals surface area contributed by atoms with Crippen LogP contribution in [0.3, 0.4) is 0 Å². The first-order valence-corrected chi connectivity index (χ1v) is 4.57. The van der Waals surface area contributed by atoms with Gasteiger partial charge in [-0.05, 0) is 12.1 Å². The Labute approximate surface area is 87.8 Å². The molecule has 4 heteroatoms. The SMILES string of the molecule is COc1cccc(-c2nc(O)cn2C)c1. The van der Waals surface area contributed by atoms with Crippen molar-refractivity contribution in [3.63, 3.8) is 0 Å². The lowest BCUT2D eigenvalue weighted by Gasteiger charge is -2.03. The lowest BCUT2D eigenvalue weighted by atomic mass is 10.2. The zero-order chi connectivity index (χ0) is 10.8. The Hall–Kier alpha value is -1.97. The largest absolute Gasteiger partial charge is 0.497 e. The van der Waals surface area contributed by atoms with E-state index in [4.69, 9.17) is 4.74 Å². The Kier molecular flexibility index (Phi) is 2.33. The van der Waals surface area contributed by atoms with Crippen molar-refractivity contribution in [2.75, 3.05) is 7.11 Å². The molecule has 2 aromatic rings. The third-order valence-electron chi connectivity index (χ3n) is 2.19. The lowest BCUT2D eigenvalue weighted by Crippen LogP contribution is -1.91. The van der Waals surface area contributed by atoms with Gasteiger partial charge in [0, 0.05) is 12.6 Å². The van der Waals surface area contributed by atoms with Crippen LogP contribution in [0.4, 0.5) is 0 Å². The third kappa shape index (κ3) is 1.79. The quantitative estimate of drug-likeness (QED) is 0.811. The Balaban J connectivity index is 2.49. The van der Waals surface area contributed by atoms with Crippen LogP contribution in [-0.2, 0) is 7.05 Å². The highest BCUT2D eigenvalue weighted by molar-refractivity contribution is 5.58. The van der Waals surface area contributed by atoms with E-state index in [0.717, 1.165) is 11.3 Å². The first-order chi connectivity index (χ1) is 7.20. The molecule has 0 unspecified atom stereocenters. The molecule has 0 atom stereocenters. The fourth-order valence-electron chi connectivity index (χ4n) is 1.48. The van der Waals surface area contributed by atoms with E-state index >= 15 is 0 Å². The summed E-state index contributed by atoms with van der Waals surface area (Å²) in [4.78, 5) is 4.02. The maximum absolute atomic E-state index is 9.26. The van der Waals surface area contributed by atoms with Gasteiger partial charge in [-0.25, -0.2) is 0 Å². The molecule has 15 heavy (non-hydrogen) atoms. The number of methoxy groups -OCH3 is 1. The van der Waals surface area contributed by atoms with Crippen LogP contribution < -0.4 is 4.74 Å². The van der Waals surface area contributed by atoms with Crippen LogP contribution in [0.2, 0.25) is 0 Å². The van der Waals surface area contributed by atoms with Crippen LogP contribution in [0, 0.1) is 0 Å². The number of aromatic nitrogens is 2. The summed E-state index contributed by atoms with van der Waals surface area (Å²) in [5.74, 6) is 1.51. The molecule has 0 fully saturated rings. The lowest BCUT2D eigenvalue weighted by molar-refractivity contribution is 0.415. The monoisotopic (exact) mass is 204 g/mol. The molecular weight excluding hydrogens is 192 g/mol. The van der Waals surface area contributed by atoms with E-state index in [-0.39, 0.29) is 5.88 Å². The molecule has 0 aliphatic rings. The van der Waals surface area contributed by atoms with Crippen LogP contribution in [-0.4, -0.2) is 21.8 Å². The number of aryl methyl sites for hydroxylation is 1. The van der Waals surface area contributed by atoms with Crippen molar-refractivity contribution in [3.05, 3.63) is 30.5 Å². The number of aromatic hydroxyl groups is 1. The molecule has 1 heterocycles. The summed E-state index contributed by atoms with van der Waals surface area (Å²) >= 11 is 0. The number of benzene rings is 1. The van der Waals surface area contributed by atoms with E-state index < -0.39 is 0 Å². The zero-order valence-corrected chi connectivity index (χ0v) is 8.64. The van der Waals surface area contributed by atoms with Crippen molar-refractivity contribution in [2.45, 2.75) is 0 Å². The van der Waals surface area contributed by atoms with Crippen molar-refractivity contribution >= 4 is 0 Å². The Bertz CT molecular complexity index is 477. The van der Waals surface area contributed by atoms with Crippen molar-refractivity contribution in [1.82, 2.24) is 9.55 Å².